The molecule has 0 aliphatic heterocycles. The van der Waals surface area contributed by atoms with Crippen LogP contribution in [0, 0.1) is 6.92 Å². The first kappa shape index (κ1) is 17.6. The zero-order chi connectivity index (χ0) is 18.8. The van der Waals surface area contributed by atoms with Crippen LogP contribution in [0.3, 0.4) is 0 Å². The molecule has 0 saturated heterocycles. The number of thiazole rings is 1. The monoisotopic (exact) mass is 439 g/mol. The Balaban J connectivity index is 1.58. The second kappa shape index (κ2) is 7.46. The molecule has 2 aromatic heterocycles. The lowest BCUT2D eigenvalue weighted by Gasteiger charge is -2.02. The lowest BCUT2D eigenvalue weighted by molar-refractivity contribution is 0.102. The van der Waals surface area contributed by atoms with Gasteiger partial charge >= 0.3 is 0 Å². The van der Waals surface area contributed by atoms with E-state index in [-0.39, 0.29) is 11.8 Å². The molecule has 27 heavy (non-hydrogen) atoms. The van der Waals surface area contributed by atoms with E-state index in [9.17, 15) is 4.79 Å². The molecule has 0 saturated carbocycles. The van der Waals surface area contributed by atoms with Gasteiger partial charge in [0.05, 0.1) is 9.88 Å². The Morgan fingerprint density at radius 2 is 1.81 bits per heavy atom. The van der Waals surface area contributed by atoms with Crippen LogP contribution in [-0.2, 0) is 0 Å². The Bertz CT molecular complexity index is 1090. The minimum Gasteiger partial charge on any atom is -0.338 e. The average molecular weight is 440 g/mol. The summed E-state index contributed by atoms with van der Waals surface area (Å²) in [6.07, 6.45) is 0. The summed E-state index contributed by atoms with van der Waals surface area (Å²) in [5.41, 5.74) is 2.89. The van der Waals surface area contributed by atoms with E-state index >= 15 is 0 Å². The number of benzene rings is 2. The average Bonchev–Trinajstić information content (AvgIpc) is 3.30. The van der Waals surface area contributed by atoms with Crippen LogP contribution in [0.25, 0.3) is 21.7 Å². The van der Waals surface area contributed by atoms with Gasteiger partial charge in [0.15, 0.2) is 0 Å². The van der Waals surface area contributed by atoms with Crippen molar-refractivity contribution in [2.45, 2.75) is 6.92 Å². The van der Waals surface area contributed by atoms with E-state index in [0.717, 1.165) is 25.5 Å². The lowest BCUT2D eigenvalue weighted by Crippen LogP contribution is -2.13. The number of amides is 1. The van der Waals surface area contributed by atoms with Gasteiger partial charge in [0.25, 0.3) is 5.91 Å². The van der Waals surface area contributed by atoms with E-state index in [2.05, 4.69) is 31.4 Å². The number of halogens is 1. The highest BCUT2D eigenvalue weighted by Crippen LogP contribution is 2.31. The molecule has 1 N–H and O–H groups in total. The summed E-state index contributed by atoms with van der Waals surface area (Å²) in [6.45, 7) is 1.88. The van der Waals surface area contributed by atoms with Crippen molar-refractivity contribution in [3.05, 3.63) is 75.8 Å². The topological polar surface area (TPSA) is 68.0 Å². The number of anilines is 1. The number of carbonyl (C=O) groups is 1. The predicted molar refractivity (Wildman–Crippen MR) is 110 cm³/mol. The largest absolute Gasteiger partial charge is 0.338 e. The Kier molecular flexibility index (Phi) is 4.87. The molecule has 0 aliphatic rings. The molecule has 134 valence electrons. The number of aromatic nitrogens is 2. The quantitative estimate of drug-likeness (QED) is 0.436. The molecule has 2 heterocycles. The first-order valence-corrected chi connectivity index (χ1v) is 9.78. The summed E-state index contributed by atoms with van der Waals surface area (Å²) in [6, 6.07) is 19.1. The molecular formula is C20H14BrN3O2S. The molecule has 4 aromatic rings. The van der Waals surface area contributed by atoms with Gasteiger partial charge in [-0.05, 0) is 24.6 Å². The van der Waals surface area contributed by atoms with Gasteiger partial charge in [-0.15, -0.1) is 11.3 Å². The van der Waals surface area contributed by atoms with Gasteiger partial charge in [-0.1, -0.05) is 63.6 Å². The third-order valence-electron chi connectivity index (χ3n) is 3.87. The molecule has 0 atom stereocenters. The van der Waals surface area contributed by atoms with Crippen molar-refractivity contribution in [3.8, 4) is 21.7 Å². The summed E-state index contributed by atoms with van der Waals surface area (Å²) in [5.74, 6) is -0.0423. The van der Waals surface area contributed by atoms with Gasteiger partial charge in [-0.25, -0.2) is 4.98 Å². The van der Waals surface area contributed by atoms with Crippen LogP contribution in [-0.4, -0.2) is 16.0 Å². The fourth-order valence-electron chi connectivity index (χ4n) is 2.63. The number of nitrogens with zero attached hydrogens (tertiary/aromatic N) is 2. The van der Waals surface area contributed by atoms with E-state index in [1.807, 2.05) is 61.5 Å². The third kappa shape index (κ3) is 3.84. The van der Waals surface area contributed by atoms with Gasteiger partial charge in [0, 0.05) is 16.1 Å². The van der Waals surface area contributed by atoms with Crippen molar-refractivity contribution in [3.63, 3.8) is 0 Å². The number of hydrogen-bond donors (Lipinski definition) is 1. The summed E-state index contributed by atoms with van der Waals surface area (Å²) in [5, 5.41) is 7.60. The van der Waals surface area contributed by atoms with E-state index in [1.54, 1.807) is 6.07 Å². The van der Waals surface area contributed by atoms with Crippen LogP contribution in [0.1, 0.15) is 15.5 Å². The molecule has 0 fully saturated rings. The minimum atomic E-state index is -0.322. The van der Waals surface area contributed by atoms with Crippen LogP contribution in [0.15, 0.2) is 69.7 Å². The first-order valence-electron chi connectivity index (χ1n) is 8.17. The second-order valence-corrected chi connectivity index (χ2v) is 7.93. The number of aryl methyl sites for hydroxylation is 1. The summed E-state index contributed by atoms with van der Waals surface area (Å²) in [7, 11) is 0. The Labute approximate surface area is 168 Å². The lowest BCUT2D eigenvalue weighted by atomic mass is 10.1. The van der Waals surface area contributed by atoms with Crippen LogP contribution in [0.5, 0.6) is 0 Å². The molecule has 7 heteroatoms. The van der Waals surface area contributed by atoms with Gasteiger partial charge in [0.2, 0.25) is 5.88 Å². The van der Waals surface area contributed by atoms with Gasteiger partial charge in [-0.3, -0.25) is 10.1 Å². The number of rotatable bonds is 4. The second-order valence-electron chi connectivity index (χ2n) is 5.81. The zero-order valence-electron chi connectivity index (χ0n) is 14.3. The van der Waals surface area contributed by atoms with Crippen molar-refractivity contribution < 1.29 is 9.32 Å². The third-order valence-corrected chi connectivity index (χ3v) is 5.42. The van der Waals surface area contributed by atoms with E-state index < -0.39 is 0 Å². The van der Waals surface area contributed by atoms with Crippen molar-refractivity contribution in [2.75, 3.05) is 5.32 Å². The van der Waals surface area contributed by atoms with Crippen LogP contribution < -0.4 is 5.32 Å². The first-order chi connectivity index (χ1) is 13.1. The van der Waals surface area contributed by atoms with E-state index in [0.29, 0.717) is 11.4 Å². The van der Waals surface area contributed by atoms with Crippen molar-refractivity contribution in [1.82, 2.24) is 10.1 Å². The molecule has 0 aliphatic carbocycles. The smallest absolute Gasteiger partial charge is 0.278 e. The zero-order valence-corrected chi connectivity index (χ0v) is 16.7. The van der Waals surface area contributed by atoms with Crippen molar-refractivity contribution >= 4 is 39.1 Å². The predicted octanol–water partition coefficient (Wildman–Crippen LogP) is 5.79. The summed E-state index contributed by atoms with van der Waals surface area (Å²) < 4.78 is 6.26. The maximum Gasteiger partial charge on any atom is 0.278 e. The van der Waals surface area contributed by atoms with Crippen LogP contribution in [0.4, 0.5) is 5.88 Å². The molecule has 0 spiro atoms. The Hall–Kier alpha value is -2.77. The standard InChI is InChI=1S/C20H14BrN3O2S/c1-12-22-18(19(27-12)14-5-3-2-4-6-14)20(25)23-17-11-16(24-26-17)13-7-9-15(21)10-8-13/h2-11H,1H3,(H,23,25). The van der Waals surface area contributed by atoms with Crippen molar-refractivity contribution in [1.29, 1.82) is 0 Å². The highest BCUT2D eigenvalue weighted by atomic mass is 79.9. The summed E-state index contributed by atoms with van der Waals surface area (Å²) >= 11 is 4.89. The number of hydrogen-bond acceptors (Lipinski definition) is 5. The van der Waals surface area contributed by atoms with Gasteiger partial charge < -0.3 is 4.52 Å². The van der Waals surface area contributed by atoms with Crippen LogP contribution in [0.2, 0.25) is 0 Å². The molecule has 0 unspecified atom stereocenters. The molecular weight excluding hydrogens is 426 g/mol. The fraction of sp³-hybridized carbons (Fsp3) is 0.0500. The normalized spacial score (nSPS) is 10.7. The molecule has 0 radical (unpaired) electrons. The van der Waals surface area contributed by atoms with Gasteiger partial charge in [0.1, 0.15) is 11.4 Å². The Morgan fingerprint density at radius 3 is 2.56 bits per heavy atom. The number of nitrogens with one attached hydrogen (secondary N) is 1. The SMILES string of the molecule is Cc1nc(C(=O)Nc2cc(-c3ccc(Br)cc3)no2)c(-c2ccccc2)s1. The highest BCUT2D eigenvalue weighted by molar-refractivity contribution is 9.10. The van der Waals surface area contributed by atoms with E-state index in [1.165, 1.54) is 11.3 Å². The van der Waals surface area contributed by atoms with Gasteiger partial charge in [-0.2, -0.15) is 0 Å². The van der Waals surface area contributed by atoms with E-state index in [4.69, 9.17) is 4.52 Å². The maximum atomic E-state index is 12.8. The van der Waals surface area contributed by atoms with Crippen molar-refractivity contribution in [2.24, 2.45) is 0 Å². The highest BCUT2D eigenvalue weighted by Gasteiger charge is 2.20. The molecule has 5 nitrogen and oxygen atoms in total. The molecule has 4 rings (SSSR count). The maximum absolute atomic E-state index is 12.8. The summed E-state index contributed by atoms with van der Waals surface area (Å²) in [4.78, 5) is 18.0. The fourth-order valence-corrected chi connectivity index (χ4v) is 3.81. The van der Waals surface area contributed by atoms with Crippen LogP contribution >= 0.6 is 27.3 Å². The molecule has 0 bridgehead atoms. The minimum absolute atomic E-state index is 0.280. The Morgan fingerprint density at radius 1 is 1.07 bits per heavy atom. The number of carbonyl (C=O) groups excluding carboxylic acids is 1. The molecule has 2 aromatic carbocycles. The molecule has 1 amide bonds.